The molecule has 0 atom stereocenters. The van der Waals surface area contributed by atoms with Crippen molar-refractivity contribution in [1.29, 1.82) is 0 Å². The van der Waals surface area contributed by atoms with Gasteiger partial charge in [0, 0.05) is 12.2 Å². The lowest BCUT2D eigenvalue weighted by atomic mass is 10.1. The van der Waals surface area contributed by atoms with Crippen molar-refractivity contribution in [1.82, 2.24) is 5.32 Å². The van der Waals surface area contributed by atoms with Crippen LogP contribution in [-0.2, 0) is 11.2 Å². The predicted octanol–water partition coefficient (Wildman–Crippen LogP) is 4.49. The Balaban J connectivity index is 1.79. The highest BCUT2D eigenvalue weighted by molar-refractivity contribution is 7.80. The van der Waals surface area contributed by atoms with Gasteiger partial charge in [0.05, 0.1) is 18.8 Å². The topological polar surface area (TPSA) is 59.6 Å². The molecule has 0 aliphatic rings. The Labute approximate surface area is 172 Å². The molecule has 2 aromatic rings. The van der Waals surface area contributed by atoms with Gasteiger partial charge in [-0.15, -0.1) is 0 Å². The monoisotopic (exact) mass is 400 g/mol. The van der Waals surface area contributed by atoms with Crippen molar-refractivity contribution in [3.05, 3.63) is 59.2 Å². The van der Waals surface area contributed by atoms with Crippen LogP contribution in [0.3, 0.4) is 0 Å². The average Bonchev–Trinajstić information content (AvgIpc) is 2.68. The van der Waals surface area contributed by atoms with Crippen LogP contribution >= 0.6 is 12.2 Å². The molecule has 0 saturated heterocycles. The molecule has 28 heavy (non-hydrogen) atoms. The molecule has 0 spiro atoms. The van der Waals surface area contributed by atoms with Crippen molar-refractivity contribution in [2.24, 2.45) is 0 Å². The fourth-order valence-corrected chi connectivity index (χ4v) is 2.89. The molecule has 0 unspecified atom stereocenters. The third-order valence-corrected chi connectivity index (χ3v) is 4.41. The molecule has 0 bridgehead atoms. The summed E-state index contributed by atoms with van der Waals surface area (Å²) in [4.78, 5) is 11.9. The van der Waals surface area contributed by atoms with Gasteiger partial charge in [-0.1, -0.05) is 18.2 Å². The fourth-order valence-electron chi connectivity index (χ4n) is 2.68. The number of esters is 1. The first-order valence-electron chi connectivity index (χ1n) is 9.57. The van der Waals surface area contributed by atoms with Crippen LogP contribution in [0.1, 0.15) is 41.8 Å². The summed E-state index contributed by atoms with van der Waals surface area (Å²) in [6.07, 6.45) is 1.91. The molecule has 5 nitrogen and oxygen atoms in total. The Morgan fingerprint density at radius 3 is 2.50 bits per heavy atom. The largest absolute Gasteiger partial charge is 0.494 e. The predicted molar refractivity (Wildman–Crippen MR) is 117 cm³/mol. The van der Waals surface area contributed by atoms with Gasteiger partial charge in [0.1, 0.15) is 5.75 Å². The Morgan fingerprint density at radius 2 is 1.82 bits per heavy atom. The van der Waals surface area contributed by atoms with Gasteiger partial charge in [0.2, 0.25) is 0 Å². The summed E-state index contributed by atoms with van der Waals surface area (Å²) in [6, 6.07) is 13.6. The lowest BCUT2D eigenvalue weighted by Gasteiger charge is -2.13. The van der Waals surface area contributed by atoms with E-state index >= 15 is 0 Å². The van der Waals surface area contributed by atoms with Crippen molar-refractivity contribution >= 4 is 29.0 Å². The molecule has 0 aliphatic carbocycles. The second-order valence-electron chi connectivity index (χ2n) is 6.31. The van der Waals surface area contributed by atoms with Crippen LogP contribution in [0.15, 0.2) is 42.5 Å². The number of thiocarbonyl (C=S) groups is 1. The van der Waals surface area contributed by atoms with Gasteiger partial charge < -0.3 is 20.1 Å². The standard InChI is InChI=1S/C22H28N2O3S/c1-4-26-19-12-9-17(10-13-19)7-6-14-23-22(28)24-20-15-18(11-8-16(20)3)21(25)27-5-2/h8-13,15H,4-7,14H2,1-3H3,(H2,23,24,28). The van der Waals surface area contributed by atoms with Crippen molar-refractivity contribution in [2.45, 2.75) is 33.6 Å². The van der Waals surface area contributed by atoms with Gasteiger partial charge >= 0.3 is 5.97 Å². The Kier molecular flexibility index (Phi) is 8.75. The summed E-state index contributed by atoms with van der Waals surface area (Å²) in [5.41, 5.74) is 3.58. The number of nitrogens with one attached hydrogen (secondary N) is 2. The summed E-state index contributed by atoms with van der Waals surface area (Å²) in [6.45, 7) is 7.52. The molecule has 0 aromatic heterocycles. The quantitative estimate of drug-likeness (QED) is 0.367. The second-order valence-corrected chi connectivity index (χ2v) is 6.72. The van der Waals surface area contributed by atoms with E-state index in [0.29, 0.717) is 23.9 Å². The molecule has 0 radical (unpaired) electrons. The van der Waals surface area contributed by atoms with Crippen LogP contribution in [0.25, 0.3) is 0 Å². The SMILES string of the molecule is CCOC(=O)c1ccc(C)c(NC(=S)NCCCc2ccc(OCC)cc2)c1. The Bertz CT molecular complexity index is 791. The molecular formula is C22H28N2O3S. The van der Waals surface area contributed by atoms with Gasteiger partial charge in [-0.2, -0.15) is 0 Å². The molecule has 0 heterocycles. The number of carbonyl (C=O) groups is 1. The molecule has 0 amide bonds. The molecule has 2 aromatic carbocycles. The minimum Gasteiger partial charge on any atom is -0.494 e. The minimum atomic E-state index is -0.334. The van der Waals surface area contributed by atoms with E-state index in [1.165, 1.54) is 5.56 Å². The first-order valence-corrected chi connectivity index (χ1v) is 9.98. The van der Waals surface area contributed by atoms with E-state index in [2.05, 4.69) is 22.8 Å². The fraction of sp³-hybridized carbons (Fsp3) is 0.364. The molecular weight excluding hydrogens is 372 g/mol. The van der Waals surface area contributed by atoms with Crippen LogP contribution in [0, 0.1) is 6.92 Å². The number of hydrogen-bond acceptors (Lipinski definition) is 4. The zero-order valence-corrected chi connectivity index (χ0v) is 17.5. The van der Waals surface area contributed by atoms with Crippen molar-refractivity contribution in [3.63, 3.8) is 0 Å². The van der Waals surface area contributed by atoms with E-state index in [1.807, 2.05) is 32.0 Å². The molecule has 0 aliphatic heterocycles. The van der Waals surface area contributed by atoms with E-state index in [4.69, 9.17) is 21.7 Å². The van der Waals surface area contributed by atoms with E-state index in [-0.39, 0.29) is 5.97 Å². The number of hydrogen-bond donors (Lipinski definition) is 2. The summed E-state index contributed by atoms with van der Waals surface area (Å²) in [5, 5.41) is 6.92. The van der Waals surface area contributed by atoms with Crippen LogP contribution in [0.4, 0.5) is 5.69 Å². The molecule has 2 N–H and O–H groups in total. The summed E-state index contributed by atoms with van der Waals surface area (Å²) < 4.78 is 10.5. The molecule has 6 heteroatoms. The van der Waals surface area contributed by atoms with E-state index in [9.17, 15) is 4.79 Å². The summed E-state index contributed by atoms with van der Waals surface area (Å²) in [7, 11) is 0. The number of ether oxygens (including phenoxy) is 2. The third-order valence-electron chi connectivity index (χ3n) is 4.16. The lowest BCUT2D eigenvalue weighted by molar-refractivity contribution is 0.0526. The minimum absolute atomic E-state index is 0.334. The Hall–Kier alpha value is -2.60. The lowest BCUT2D eigenvalue weighted by Crippen LogP contribution is -2.29. The highest BCUT2D eigenvalue weighted by Crippen LogP contribution is 2.18. The van der Waals surface area contributed by atoms with Crippen molar-refractivity contribution in [2.75, 3.05) is 25.1 Å². The van der Waals surface area contributed by atoms with Crippen LogP contribution in [-0.4, -0.2) is 30.8 Å². The van der Waals surface area contributed by atoms with E-state index < -0.39 is 0 Å². The summed E-state index contributed by atoms with van der Waals surface area (Å²) >= 11 is 5.38. The van der Waals surface area contributed by atoms with Crippen LogP contribution in [0.2, 0.25) is 0 Å². The normalized spacial score (nSPS) is 10.2. The molecule has 0 saturated carbocycles. The number of aryl methyl sites for hydroxylation is 2. The van der Waals surface area contributed by atoms with E-state index in [1.54, 1.807) is 19.1 Å². The smallest absolute Gasteiger partial charge is 0.338 e. The van der Waals surface area contributed by atoms with Gasteiger partial charge in [0.25, 0.3) is 0 Å². The first kappa shape index (κ1) is 21.7. The third kappa shape index (κ3) is 6.85. The maximum Gasteiger partial charge on any atom is 0.338 e. The maximum atomic E-state index is 11.9. The first-order chi connectivity index (χ1) is 13.5. The second kappa shape index (κ2) is 11.3. The number of benzene rings is 2. The maximum absolute atomic E-state index is 11.9. The molecule has 0 fully saturated rings. The zero-order valence-electron chi connectivity index (χ0n) is 16.7. The van der Waals surface area contributed by atoms with Gasteiger partial charge in [-0.05, 0) is 81.2 Å². The number of rotatable bonds is 9. The highest BCUT2D eigenvalue weighted by Gasteiger charge is 2.09. The Morgan fingerprint density at radius 1 is 1.07 bits per heavy atom. The zero-order chi connectivity index (χ0) is 20.4. The van der Waals surface area contributed by atoms with E-state index in [0.717, 1.165) is 36.4 Å². The number of carbonyl (C=O) groups excluding carboxylic acids is 1. The molecule has 2 rings (SSSR count). The van der Waals surface area contributed by atoms with Gasteiger partial charge in [0.15, 0.2) is 5.11 Å². The average molecular weight is 401 g/mol. The van der Waals surface area contributed by atoms with Crippen LogP contribution < -0.4 is 15.4 Å². The van der Waals surface area contributed by atoms with Gasteiger partial charge in [-0.3, -0.25) is 0 Å². The van der Waals surface area contributed by atoms with Crippen molar-refractivity contribution in [3.8, 4) is 5.75 Å². The van der Waals surface area contributed by atoms with Crippen LogP contribution in [0.5, 0.6) is 5.75 Å². The number of anilines is 1. The molecule has 150 valence electrons. The van der Waals surface area contributed by atoms with Crippen molar-refractivity contribution < 1.29 is 14.3 Å². The van der Waals surface area contributed by atoms with Gasteiger partial charge in [-0.25, -0.2) is 4.79 Å². The summed E-state index contributed by atoms with van der Waals surface area (Å²) in [5.74, 6) is 0.565. The highest BCUT2D eigenvalue weighted by atomic mass is 32.1.